The summed E-state index contributed by atoms with van der Waals surface area (Å²) in [5.74, 6) is -0.0353. The van der Waals surface area contributed by atoms with E-state index in [4.69, 9.17) is 9.97 Å². The highest BCUT2D eigenvalue weighted by molar-refractivity contribution is 6.07. The van der Waals surface area contributed by atoms with Crippen molar-refractivity contribution in [3.8, 4) is 44.5 Å². The predicted octanol–water partition coefficient (Wildman–Crippen LogP) is 12.3. The molecule has 4 aromatic carbocycles. The number of nitrogens with zero attached hydrogens (tertiary/aromatic N) is 2. The van der Waals surface area contributed by atoms with E-state index >= 15 is 0 Å². The average Bonchev–Trinajstić information content (AvgIpc) is 3.86. The lowest BCUT2D eigenvalue weighted by Gasteiger charge is -2.09. The molecule has 270 valence electrons. The van der Waals surface area contributed by atoms with Gasteiger partial charge in [0.2, 0.25) is 5.91 Å². The molecule has 2 aliphatic heterocycles. The SMILES string of the molecule is CC1(C)C[C@@H]1C(=O)Nc1cc2[nH]c1c(-c1ccccc1)c1nc(c(-c3ccccc3)c3ccc([nH]3)c(-c3ccccc3)c3nc(c2-c2ccccc2)C=C3)C=C1. The summed E-state index contributed by atoms with van der Waals surface area (Å²) < 4.78 is 0. The van der Waals surface area contributed by atoms with E-state index in [1.54, 1.807) is 0 Å². The molecule has 0 unspecified atom stereocenters. The molecule has 0 saturated heterocycles. The fourth-order valence-electron chi connectivity index (χ4n) is 8.15. The largest absolute Gasteiger partial charge is 0.354 e. The minimum Gasteiger partial charge on any atom is -0.354 e. The van der Waals surface area contributed by atoms with Crippen LogP contribution in [-0.4, -0.2) is 25.8 Å². The van der Waals surface area contributed by atoms with Gasteiger partial charge in [0.15, 0.2) is 0 Å². The smallest absolute Gasteiger partial charge is 0.228 e. The van der Waals surface area contributed by atoms with E-state index in [0.717, 1.165) is 95.8 Å². The number of H-pyrrole nitrogens is 2. The summed E-state index contributed by atoms with van der Waals surface area (Å²) in [7, 11) is 0. The Hall–Kier alpha value is -7.05. The predicted molar refractivity (Wildman–Crippen MR) is 231 cm³/mol. The van der Waals surface area contributed by atoms with Gasteiger partial charge in [0.1, 0.15) is 0 Å². The molecule has 3 N–H and O–H groups in total. The highest BCUT2D eigenvalue weighted by Crippen LogP contribution is 2.52. The standard InChI is InChI=1S/C50H39N5O/c1-50(2)30-35(50)49(56)55-43-29-42-46(33-19-11-5-12-20-33)40-26-25-38(52-40)44(31-15-7-3-8-16-31)36-23-24-37(51-36)45(32-17-9-4-10-18-32)39-27-28-41(53-39)47(48(43)54-42)34-21-13-6-14-22-34/h3-29,35,51,54H,30H2,1-2H3,(H,55,56)/t35-/m1/s1. The summed E-state index contributed by atoms with van der Waals surface area (Å²) in [6.07, 6.45) is 9.25. The third-order valence-corrected chi connectivity index (χ3v) is 11.2. The van der Waals surface area contributed by atoms with Crippen LogP contribution in [0.2, 0.25) is 0 Å². The highest BCUT2D eigenvalue weighted by Gasteiger charge is 2.50. The molecule has 3 aliphatic rings. The molecule has 56 heavy (non-hydrogen) atoms. The fourth-order valence-corrected chi connectivity index (χ4v) is 8.15. The van der Waals surface area contributed by atoms with Gasteiger partial charge in [-0.25, -0.2) is 9.97 Å². The van der Waals surface area contributed by atoms with Gasteiger partial charge in [-0.3, -0.25) is 4.79 Å². The van der Waals surface area contributed by atoms with Crippen molar-refractivity contribution < 1.29 is 4.79 Å². The van der Waals surface area contributed by atoms with Crippen LogP contribution in [0, 0.1) is 11.3 Å². The molecule has 6 heteroatoms. The van der Waals surface area contributed by atoms with Crippen molar-refractivity contribution in [1.29, 1.82) is 0 Å². The first-order valence-corrected chi connectivity index (χ1v) is 19.1. The zero-order chi connectivity index (χ0) is 37.8. The van der Waals surface area contributed by atoms with Gasteiger partial charge in [0.25, 0.3) is 0 Å². The molecular weight excluding hydrogens is 687 g/mol. The maximum Gasteiger partial charge on any atom is 0.228 e. The van der Waals surface area contributed by atoms with E-state index < -0.39 is 0 Å². The Labute approximate surface area is 325 Å². The first-order valence-electron chi connectivity index (χ1n) is 19.1. The third kappa shape index (κ3) is 5.96. The number of hydrogen-bond donors (Lipinski definition) is 3. The summed E-state index contributed by atoms with van der Waals surface area (Å²) in [6, 6.07) is 47.8. The minimum atomic E-state index is -0.0588. The van der Waals surface area contributed by atoms with E-state index in [2.05, 4.69) is 144 Å². The number of carbonyl (C=O) groups excluding carboxylic acids is 1. The number of aromatic nitrogens is 4. The molecule has 1 saturated carbocycles. The Bertz CT molecular complexity index is 2890. The van der Waals surface area contributed by atoms with Crippen LogP contribution < -0.4 is 5.32 Å². The molecule has 3 aromatic heterocycles. The molecule has 8 bridgehead atoms. The summed E-state index contributed by atoms with van der Waals surface area (Å²) in [6.45, 7) is 4.30. The van der Waals surface area contributed by atoms with Crippen molar-refractivity contribution in [3.05, 3.63) is 162 Å². The minimum absolute atomic E-state index is 0.0235. The van der Waals surface area contributed by atoms with Gasteiger partial charge in [0.05, 0.1) is 39.5 Å². The number of nitrogens with one attached hydrogen (secondary N) is 3. The summed E-state index contributed by atoms with van der Waals surface area (Å²) in [4.78, 5) is 32.4. The molecule has 1 amide bonds. The second-order valence-electron chi connectivity index (χ2n) is 15.4. The number of anilines is 1. The zero-order valence-corrected chi connectivity index (χ0v) is 31.2. The summed E-state index contributed by atoms with van der Waals surface area (Å²) in [5.41, 5.74) is 15.4. The van der Waals surface area contributed by atoms with Crippen LogP contribution in [-0.2, 0) is 4.79 Å². The number of carbonyl (C=O) groups is 1. The molecular formula is C50H39N5O. The van der Waals surface area contributed by atoms with Crippen LogP contribution in [0.1, 0.15) is 43.0 Å². The fraction of sp³-hybridized carbons (Fsp3) is 0.100. The van der Waals surface area contributed by atoms with Crippen LogP contribution in [0.3, 0.4) is 0 Å². The van der Waals surface area contributed by atoms with E-state index in [0.29, 0.717) is 5.69 Å². The first-order chi connectivity index (χ1) is 27.4. The van der Waals surface area contributed by atoms with Crippen molar-refractivity contribution in [1.82, 2.24) is 19.9 Å². The molecule has 1 fully saturated rings. The Kier molecular flexibility index (Phi) is 7.99. The molecule has 1 aliphatic carbocycles. The number of fused-ring (bicyclic) bond motifs is 8. The Morgan fingerprint density at radius 1 is 0.536 bits per heavy atom. The summed E-state index contributed by atoms with van der Waals surface area (Å²) >= 11 is 0. The van der Waals surface area contributed by atoms with Crippen LogP contribution in [0.25, 0.3) is 90.9 Å². The van der Waals surface area contributed by atoms with Crippen LogP contribution in [0.15, 0.2) is 140 Å². The number of aromatic amines is 2. The van der Waals surface area contributed by atoms with Gasteiger partial charge in [0, 0.05) is 39.2 Å². The van der Waals surface area contributed by atoms with E-state index in [-0.39, 0.29) is 17.2 Å². The van der Waals surface area contributed by atoms with Crippen LogP contribution in [0.5, 0.6) is 0 Å². The number of amides is 1. The molecule has 5 heterocycles. The average molecular weight is 726 g/mol. The van der Waals surface area contributed by atoms with Crippen molar-refractivity contribution in [3.63, 3.8) is 0 Å². The topological polar surface area (TPSA) is 86.5 Å². The van der Waals surface area contributed by atoms with Crippen molar-refractivity contribution in [2.75, 3.05) is 5.32 Å². The molecule has 0 spiro atoms. The van der Waals surface area contributed by atoms with Gasteiger partial charge >= 0.3 is 0 Å². The summed E-state index contributed by atoms with van der Waals surface area (Å²) in [5, 5.41) is 3.38. The molecule has 7 aromatic rings. The molecule has 0 radical (unpaired) electrons. The van der Waals surface area contributed by atoms with Gasteiger partial charge in [-0.1, -0.05) is 135 Å². The number of benzene rings is 4. The molecule has 6 nitrogen and oxygen atoms in total. The zero-order valence-electron chi connectivity index (χ0n) is 31.2. The van der Waals surface area contributed by atoms with Crippen molar-refractivity contribution in [2.24, 2.45) is 11.3 Å². The second-order valence-corrected chi connectivity index (χ2v) is 15.4. The normalized spacial score (nSPS) is 15.1. The van der Waals surface area contributed by atoms with Crippen molar-refractivity contribution >= 4 is 58.0 Å². The maximum absolute atomic E-state index is 13.9. The van der Waals surface area contributed by atoms with E-state index in [1.807, 2.05) is 48.5 Å². The highest BCUT2D eigenvalue weighted by atomic mass is 16.2. The monoisotopic (exact) mass is 725 g/mol. The lowest BCUT2D eigenvalue weighted by atomic mass is 10.0. The van der Waals surface area contributed by atoms with Gasteiger partial charge in [-0.2, -0.15) is 0 Å². The number of hydrogen-bond acceptors (Lipinski definition) is 3. The maximum atomic E-state index is 13.9. The van der Waals surface area contributed by atoms with Gasteiger partial charge in [-0.05, 0) is 76.6 Å². The lowest BCUT2D eigenvalue weighted by molar-refractivity contribution is -0.117. The Morgan fingerprint density at radius 3 is 1.32 bits per heavy atom. The number of rotatable bonds is 6. The molecule has 10 rings (SSSR count). The Morgan fingerprint density at radius 2 is 0.911 bits per heavy atom. The third-order valence-electron chi connectivity index (χ3n) is 11.2. The van der Waals surface area contributed by atoms with E-state index in [1.165, 1.54) is 0 Å². The molecule has 1 atom stereocenters. The van der Waals surface area contributed by atoms with Crippen molar-refractivity contribution in [2.45, 2.75) is 20.3 Å². The first kappa shape index (κ1) is 33.5. The van der Waals surface area contributed by atoms with Crippen LogP contribution in [0.4, 0.5) is 5.69 Å². The van der Waals surface area contributed by atoms with Gasteiger partial charge in [-0.15, -0.1) is 0 Å². The second kappa shape index (κ2) is 13.4. The Balaban J connectivity index is 1.39. The lowest BCUT2D eigenvalue weighted by Crippen LogP contribution is -2.16. The van der Waals surface area contributed by atoms with E-state index in [9.17, 15) is 4.79 Å². The van der Waals surface area contributed by atoms with Crippen LogP contribution >= 0.6 is 0 Å². The quantitative estimate of drug-likeness (QED) is 0.159. The van der Waals surface area contributed by atoms with Gasteiger partial charge < -0.3 is 15.3 Å².